The molecule has 0 N–H and O–H groups in total. The van der Waals surface area contributed by atoms with Crippen molar-refractivity contribution in [1.29, 1.82) is 0 Å². The summed E-state index contributed by atoms with van der Waals surface area (Å²) in [5.74, 6) is -1.30. The summed E-state index contributed by atoms with van der Waals surface area (Å²) in [5, 5.41) is 0. The molecule has 0 heterocycles. The smallest absolute Gasteiger partial charge is 0.165 e. The zero-order chi connectivity index (χ0) is 27.6. The molecule has 2 aromatic rings. The largest absolute Gasteiger partial charge is 0.490 e. The van der Waals surface area contributed by atoms with Gasteiger partial charge in [-0.1, -0.05) is 37.6 Å². The molecule has 0 radical (unpaired) electrons. The first-order valence-corrected chi connectivity index (χ1v) is 14.7. The number of hydrogen-bond acceptors (Lipinski definition) is 3. The molecule has 0 unspecified atom stereocenters. The average Bonchev–Trinajstić information content (AvgIpc) is 2.96. The van der Waals surface area contributed by atoms with Crippen molar-refractivity contribution in [2.45, 2.75) is 108 Å². The standard InChI is InChI=1S/C33H43F3O3/c1-3-5-19-37-27-15-9-24(10-16-27)29-17-11-26(32(35)33(29)36)22-39-28-13-7-23(8-14-28)25-12-18-31(30(34)21-25)38-20-6-4-2/h4,11-12,17-18,21,23-24,27-28H,2-3,5-10,13-16,19-20,22H2,1H3. The van der Waals surface area contributed by atoms with Gasteiger partial charge in [0.2, 0.25) is 0 Å². The Kier molecular flexibility index (Phi) is 11.3. The minimum absolute atomic E-state index is 0.0160. The van der Waals surface area contributed by atoms with Gasteiger partial charge in [-0.15, -0.1) is 6.58 Å². The number of rotatable bonds is 13. The lowest BCUT2D eigenvalue weighted by molar-refractivity contribution is 0.0118. The molecule has 39 heavy (non-hydrogen) atoms. The van der Waals surface area contributed by atoms with E-state index in [1.54, 1.807) is 30.3 Å². The average molecular weight is 545 g/mol. The zero-order valence-electron chi connectivity index (χ0n) is 23.2. The molecular weight excluding hydrogens is 501 g/mol. The van der Waals surface area contributed by atoms with Crippen LogP contribution < -0.4 is 4.74 Å². The van der Waals surface area contributed by atoms with Crippen LogP contribution in [-0.4, -0.2) is 25.4 Å². The minimum atomic E-state index is -0.784. The fourth-order valence-electron chi connectivity index (χ4n) is 5.88. The summed E-state index contributed by atoms with van der Waals surface area (Å²) in [6.45, 7) is 7.03. The van der Waals surface area contributed by atoms with Gasteiger partial charge in [0, 0.05) is 12.2 Å². The third-order valence-corrected chi connectivity index (χ3v) is 8.31. The molecule has 2 aromatic carbocycles. The van der Waals surface area contributed by atoms with Crippen molar-refractivity contribution in [3.8, 4) is 5.75 Å². The maximum Gasteiger partial charge on any atom is 0.165 e. The van der Waals surface area contributed by atoms with Crippen LogP contribution in [0.4, 0.5) is 13.2 Å². The maximum atomic E-state index is 15.0. The molecule has 0 aromatic heterocycles. The second kappa shape index (κ2) is 14.9. The first kappa shape index (κ1) is 29.7. The van der Waals surface area contributed by atoms with E-state index >= 15 is 4.39 Å². The molecule has 6 heteroatoms. The van der Waals surface area contributed by atoms with Gasteiger partial charge in [-0.05, 0) is 99.3 Å². The van der Waals surface area contributed by atoms with Crippen LogP contribution in [0.3, 0.4) is 0 Å². The van der Waals surface area contributed by atoms with E-state index in [1.165, 1.54) is 0 Å². The Morgan fingerprint density at radius 3 is 2.18 bits per heavy atom. The van der Waals surface area contributed by atoms with E-state index in [9.17, 15) is 8.78 Å². The third-order valence-electron chi connectivity index (χ3n) is 8.31. The fraction of sp³-hybridized carbons (Fsp3) is 0.576. The molecule has 3 nitrogen and oxygen atoms in total. The van der Waals surface area contributed by atoms with Crippen LogP contribution in [0.15, 0.2) is 43.0 Å². The van der Waals surface area contributed by atoms with Crippen molar-refractivity contribution in [1.82, 2.24) is 0 Å². The van der Waals surface area contributed by atoms with E-state index in [0.29, 0.717) is 18.6 Å². The molecule has 4 rings (SSSR count). The van der Waals surface area contributed by atoms with Gasteiger partial charge in [0.15, 0.2) is 23.2 Å². The summed E-state index contributed by atoms with van der Waals surface area (Å²) in [6.07, 6.45) is 11.6. The Balaban J connectivity index is 1.24. The van der Waals surface area contributed by atoms with Gasteiger partial charge in [0.05, 0.1) is 25.4 Å². The van der Waals surface area contributed by atoms with Crippen LogP contribution in [0.1, 0.15) is 106 Å². The Bertz CT molecular complexity index is 1060. The van der Waals surface area contributed by atoms with E-state index in [4.69, 9.17) is 14.2 Å². The summed E-state index contributed by atoms with van der Waals surface area (Å²) in [4.78, 5) is 0. The molecule has 2 aliphatic carbocycles. The number of unbranched alkanes of at least 4 members (excludes halogenated alkanes) is 1. The molecular formula is C33H43F3O3. The Morgan fingerprint density at radius 1 is 0.821 bits per heavy atom. The molecule has 0 bridgehead atoms. The van der Waals surface area contributed by atoms with Crippen molar-refractivity contribution in [3.63, 3.8) is 0 Å². The zero-order valence-corrected chi connectivity index (χ0v) is 23.2. The van der Waals surface area contributed by atoms with E-state index in [-0.39, 0.29) is 47.8 Å². The van der Waals surface area contributed by atoms with E-state index in [2.05, 4.69) is 13.5 Å². The van der Waals surface area contributed by atoms with Crippen LogP contribution in [0, 0.1) is 17.5 Å². The van der Waals surface area contributed by atoms with Gasteiger partial charge < -0.3 is 14.2 Å². The molecule has 2 aliphatic rings. The SMILES string of the molecule is C=CCCOc1ccc(C2CCC(OCc3ccc(C4CCC(OCCCC)CC4)c(F)c3F)CC2)cc1F. The summed E-state index contributed by atoms with van der Waals surface area (Å²) in [6, 6.07) is 8.63. The minimum Gasteiger partial charge on any atom is -0.490 e. The van der Waals surface area contributed by atoms with Crippen LogP contribution >= 0.6 is 0 Å². The van der Waals surface area contributed by atoms with Crippen molar-refractivity contribution in [2.24, 2.45) is 0 Å². The van der Waals surface area contributed by atoms with Gasteiger partial charge in [-0.25, -0.2) is 13.2 Å². The van der Waals surface area contributed by atoms with E-state index < -0.39 is 11.6 Å². The topological polar surface area (TPSA) is 27.7 Å². The Labute approximate surface area is 231 Å². The highest BCUT2D eigenvalue weighted by molar-refractivity contribution is 5.32. The lowest BCUT2D eigenvalue weighted by atomic mass is 9.82. The summed E-state index contributed by atoms with van der Waals surface area (Å²) >= 11 is 0. The van der Waals surface area contributed by atoms with Crippen LogP contribution in [0.25, 0.3) is 0 Å². The molecule has 2 saturated carbocycles. The van der Waals surface area contributed by atoms with Crippen molar-refractivity contribution < 1.29 is 27.4 Å². The van der Waals surface area contributed by atoms with Gasteiger partial charge in [0.1, 0.15) is 0 Å². The lowest BCUT2D eigenvalue weighted by Crippen LogP contribution is -2.22. The first-order chi connectivity index (χ1) is 19.0. The molecule has 0 atom stereocenters. The number of benzene rings is 2. The van der Waals surface area contributed by atoms with Crippen LogP contribution in [0.5, 0.6) is 5.75 Å². The molecule has 0 amide bonds. The van der Waals surface area contributed by atoms with Gasteiger partial charge in [-0.3, -0.25) is 0 Å². The quantitative estimate of drug-likeness (QED) is 0.186. The highest BCUT2D eigenvalue weighted by Crippen LogP contribution is 2.38. The molecule has 0 aliphatic heterocycles. The lowest BCUT2D eigenvalue weighted by Gasteiger charge is -2.30. The Morgan fingerprint density at radius 2 is 1.51 bits per heavy atom. The predicted molar refractivity (Wildman–Crippen MR) is 149 cm³/mol. The van der Waals surface area contributed by atoms with Crippen LogP contribution in [-0.2, 0) is 16.1 Å². The Hall–Kier alpha value is -2.31. The highest BCUT2D eigenvalue weighted by Gasteiger charge is 2.28. The predicted octanol–water partition coefficient (Wildman–Crippen LogP) is 9.14. The third kappa shape index (κ3) is 8.11. The maximum absolute atomic E-state index is 15.0. The van der Waals surface area contributed by atoms with Crippen LogP contribution in [0.2, 0.25) is 0 Å². The van der Waals surface area contributed by atoms with Gasteiger partial charge in [0.25, 0.3) is 0 Å². The molecule has 0 spiro atoms. The second-order valence-electron chi connectivity index (χ2n) is 11.0. The van der Waals surface area contributed by atoms with E-state index in [1.807, 2.05) is 6.07 Å². The number of ether oxygens (including phenoxy) is 3. The molecule has 214 valence electrons. The monoisotopic (exact) mass is 544 g/mol. The van der Waals surface area contributed by atoms with Crippen molar-refractivity contribution in [2.75, 3.05) is 13.2 Å². The van der Waals surface area contributed by atoms with Crippen molar-refractivity contribution >= 4 is 0 Å². The first-order valence-electron chi connectivity index (χ1n) is 14.7. The second-order valence-corrected chi connectivity index (χ2v) is 11.0. The summed E-state index contributed by atoms with van der Waals surface area (Å²) < 4.78 is 61.9. The van der Waals surface area contributed by atoms with Gasteiger partial charge >= 0.3 is 0 Å². The summed E-state index contributed by atoms with van der Waals surface area (Å²) in [7, 11) is 0. The fourth-order valence-corrected chi connectivity index (χ4v) is 5.88. The summed E-state index contributed by atoms with van der Waals surface area (Å²) in [5.41, 5.74) is 1.71. The normalized spacial score (nSPS) is 23.5. The molecule has 0 saturated heterocycles. The van der Waals surface area contributed by atoms with E-state index in [0.717, 1.165) is 76.4 Å². The number of halogens is 3. The highest BCUT2D eigenvalue weighted by atomic mass is 19.2. The van der Waals surface area contributed by atoms with Crippen molar-refractivity contribution in [3.05, 3.63) is 77.1 Å². The molecule has 2 fully saturated rings. The number of hydrogen-bond donors (Lipinski definition) is 0. The van der Waals surface area contributed by atoms with Gasteiger partial charge in [-0.2, -0.15) is 0 Å².